The molecule has 1 saturated heterocycles. The number of hydrogen-bond acceptors (Lipinski definition) is 10. The molecule has 0 bridgehead atoms. The van der Waals surface area contributed by atoms with Gasteiger partial charge in [-0.05, 0) is 49.8 Å². The van der Waals surface area contributed by atoms with Crippen LogP contribution in [0.1, 0.15) is 50.2 Å². The van der Waals surface area contributed by atoms with Crippen LogP contribution in [0.4, 0.5) is 4.79 Å². The summed E-state index contributed by atoms with van der Waals surface area (Å²) in [5, 5.41) is 0. The molecule has 2 unspecified atom stereocenters. The number of methoxy groups -OCH3 is 1. The molecule has 0 aromatic carbocycles. The van der Waals surface area contributed by atoms with E-state index in [1.54, 1.807) is 24.4 Å². The number of hydrogen-bond donors (Lipinski definition) is 0. The number of carbonyl (C=O) groups excluding carboxylic acids is 1. The maximum atomic E-state index is 12.6. The van der Waals surface area contributed by atoms with Crippen molar-refractivity contribution in [3.8, 4) is 5.88 Å². The Kier molecular flexibility index (Phi) is 8.36. The summed E-state index contributed by atoms with van der Waals surface area (Å²) < 4.78 is 51.8. The Morgan fingerprint density at radius 1 is 1.20 bits per heavy atom. The topological polar surface area (TPSA) is 126 Å². The predicted molar refractivity (Wildman–Crippen MR) is 145 cm³/mol. The van der Waals surface area contributed by atoms with Gasteiger partial charge in [-0.2, -0.15) is 8.42 Å². The van der Waals surface area contributed by atoms with Crippen molar-refractivity contribution in [1.82, 2.24) is 14.9 Å². The molecule has 0 spiro atoms. The Balaban J connectivity index is 1.18. The molecule has 11 nitrogen and oxygen atoms in total. The highest BCUT2D eigenvalue weighted by Crippen LogP contribution is 2.33. The molecule has 1 aliphatic carbocycles. The van der Waals surface area contributed by atoms with E-state index in [1.165, 1.54) is 24.5 Å². The molecule has 5 rings (SSSR count). The summed E-state index contributed by atoms with van der Waals surface area (Å²) in [6.07, 6.45) is 14.0. The molecule has 2 atom stereocenters. The van der Waals surface area contributed by atoms with Crippen LogP contribution < -0.4 is 4.74 Å². The first-order valence-electron chi connectivity index (χ1n) is 13.1. The van der Waals surface area contributed by atoms with Crippen molar-refractivity contribution in [2.75, 3.05) is 19.9 Å². The van der Waals surface area contributed by atoms with Crippen molar-refractivity contribution in [2.24, 2.45) is 0 Å². The van der Waals surface area contributed by atoms with Crippen LogP contribution in [0.5, 0.6) is 5.88 Å². The normalized spacial score (nSPS) is 19.8. The van der Waals surface area contributed by atoms with Gasteiger partial charge in [-0.1, -0.05) is 24.6 Å². The lowest BCUT2D eigenvalue weighted by atomic mass is 10.0. The van der Waals surface area contributed by atoms with Gasteiger partial charge in [-0.3, -0.25) is 9.17 Å². The maximum absolute atomic E-state index is 12.6. The van der Waals surface area contributed by atoms with Crippen molar-refractivity contribution in [3.63, 3.8) is 0 Å². The molecular formula is C28H31N3O8S. The minimum absolute atomic E-state index is 0.287. The van der Waals surface area contributed by atoms with Crippen molar-refractivity contribution in [1.29, 1.82) is 0 Å². The van der Waals surface area contributed by atoms with E-state index in [2.05, 4.69) is 16.0 Å². The van der Waals surface area contributed by atoms with E-state index in [4.69, 9.17) is 23.1 Å². The molecular weight excluding hydrogens is 538 g/mol. The van der Waals surface area contributed by atoms with Crippen molar-refractivity contribution >= 4 is 27.2 Å². The van der Waals surface area contributed by atoms with Crippen molar-refractivity contribution in [3.05, 3.63) is 77.9 Å². The van der Waals surface area contributed by atoms with Crippen LogP contribution in [0.2, 0.25) is 0 Å². The molecule has 1 fully saturated rings. The average Bonchev–Trinajstić information content (AvgIpc) is 3.34. The fraction of sp³-hybridized carbons (Fsp3) is 0.393. The molecule has 2 aromatic rings. The summed E-state index contributed by atoms with van der Waals surface area (Å²) in [5.74, 6) is 1.25. The summed E-state index contributed by atoms with van der Waals surface area (Å²) in [5.41, 5.74) is 2.74. The van der Waals surface area contributed by atoms with Gasteiger partial charge in [0.05, 0.1) is 30.9 Å². The quantitative estimate of drug-likeness (QED) is 0.269. The summed E-state index contributed by atoms with van der Waals surface area (Å²) in [6.45, 7) is 0.322. The van der Waals surface area contributed by atoms with Gasteiger partial charge in [0, 0.05) is 17.8 Å². The second-order valence-electron chi connectivity index (χ2n) is 9.65. The fourth-order valence-electron chi connectivity index (χ4n) is 4.80. The Hall–Kier alpha value is -3.90. The largest absolute Gasteiger partial charge is 0.481 e. The number of amides is 1. The number of aromatic nitrogens is 2. The predicted octanol–water partition coefficient (Wildman–Crippen LogP) is 5.00. The molecule has 212 valence electrons. The molecule has 12 heteroatoms. The van der Waals surface area contributed by atoms with Gasteiger partial charge in [0.1, 0.15) is 18.5 Å². The highest BCUT2D eigenvalue weighted by Gasteiger charge is 2.36. The van der Waals surface area contributed by atoms with E-state index in [1.807, 2.05) is 12.2 Å². The summed E-state index contributed by atoms with van der Waals surface area (Å²) in [4.78, 5) is 22.8. The number of rotatable bonds is 11. The van der Waals surface area contributed by atoms with Gasteiger partial charge in [-0.15, -0.1) is 0 Å². The first-order valence-corrected chi connectivity index (χ1v) is 14.9. The molecule has 1 amide bonds. The second-order valence-corrected chi connectivity index (χ2v) is 11.2. The molecule has 2 aliphatic heterocycles. The molecule has 3 aliphatic rings. The lowest BCUT2D eigenvalue weighted by Crippen LogP contribution is -2.27. The third kappa shape index (κ3) is 6.62. The second kappa shape index (κ2) is 12.1. The van der Waals surface area contributed by atoms with Gasteiger partial charge in [0.2, 0.25) is 11.8 Å². The number of carbonyl (C=O) groups is 1. The minimum Gasteiger partial charge on any atom is -0.481 e. The van der Waals surface area contributed by atoms with Crippen LogP contribution in [0.15, 0.2) is 72.4 Å². The minimum atomic E-state index is -3.75. The van der Waals surface area contributed by atoms with Gasteiger partial charge in [0.15, 0.2) is 12.0 Å². The standard InChI is InChI=1S/C28H31N3O8S/c1-35-25-13-12-22-27(30-25)21(14-15-29-22)23(39-40(2,33)34)11-7-6-10-20-16-31(28(32)37-20)26-18-36-17-24(38-26)19-8-4-3-5-9-19/h3-4,8,12-15,17-18,20,23H,5-7,9-11,16H2,1-2H3. The number of fused-ring (bicyclic) bond motifs is 1. The van der Waals surface area contributed by atoms with Crippen LogP contribution in [0.3, 0.4) is 0 Å². The average molecular weight is 570 g/mol. The summed E-state index contributed by atoms with van der Waals surface area (Å²) in [7, 11) is -2.24. The zero-order valence-electron chi connectivity index (χ0n) is 22.3. The third-order valence-corrected chi connectivity index (χ3v) is 7.29. The van der Waals surface area contributed by atoms with Gasteiger partial charge in [0.25, 0.3) is 10.1 Å². The number of nitrogens with zero attached hydrogens (tertiary/aromatic N) is 3. The van der Waals surface area contributed by atoms with Crippen LogP contribution in [-0.2, 0) is 28.5 Å². The van der Waals surface area contributed by atoms with Gasteiger partial charge in [-0.25, -0.2) is 14.7 Å². The summed E-state index contributed by atoms with van der Waals surface area (Å²) >= 11 is 0. The number of pyridine rings is 2. The Morgan fingerprint density at radius 2 is 2.08 bits per heavy atom. The van der Waals surface area contributed by atoms with Gasteiger partial charge >= 0.3 is 6.09 Å². The first-order chi connectivity index (χ1) is 19.3. The van der Waals surface area contributed by atoms with Crippen LogP contribution >= 0.6 is 0 Å². The van der Waals surface area contributed by atoms with E-state index in [9.17, 15) is 13.2 Å². The molecule has 0 saturated carbocycles. The Bertz CT molecular complexity index is 1500. The van der Waals surface area contributed by atoms with E-state index in [0.29, 0.717) is 60.5 Å². The monoisotopic (exact) mass is 569 g/mol. The number of ether oxygens (including phenoxy) is 4. The molecule has 0 radical (unpaired) electrons. The third-order valence-electron chi connectivity index (χ3n) is 6.71. The maximum Gasteiger partial charge on any atom is 0.417 e. The lowest BCUT2D eigenvalue weighted by molar-refractivity contribution is 0.116. The zero-order valence-corrected chi connectivity index (χ0v) is 23.1. The van der Waals surface area contributed by atoms with Crippen LogP contribution in [-0.4, -0.2) is 55.4 Å². The molecule has 2 aromatic heterocycles. The molecule has 4 heterocycles. The molecule has 0 N–H and O–H groups in total. The highest BCUT2D eigenvalue weighted by atomic mass is 32.2. The highest BCUT2D eigenvalue weighted by molar-refractivity contribution is 7.86. The first kappa shape index (κ1) is 27.7. The van der Waals surface area contributed by atoms with Crippen molar-refractivity contribution in [2.45, 2.75) is 50.7 Å². The summed E-state index contributed by atoms with van der Waals surface area (Å²) in [6, 6.07) is 5.17. The SMILES string of the molecule is COc1ccc2nccc(C(CCCCC3CN(C4=COC=C(C5=CC=CCC5)O4)C(=O)O3)OS(C)(=O)=O)c2n1. The Morgan fingerprint density at radius 3 is 2.85 bits per heavy atom. The van der Waals surface area contributed by atoms with E-state index in [-0.39, 0.29) is 12.0 Å². The fourth-order valence-corrected chi connectivity index (χ4v) is 5.43. The van der Waals surface area contributed by atoms with Crippen molar-refractivity contribution < 1.29 is 36.3 Å². The van der Waals surface area contributed by atoms with E-state index in [0.717, 1.165) is 24.7 Å². The Labute approximate surface area is 232 Å². The van der Waals surface area contributed by atoms with Crippen LogP contribution in [0.25, 0.3) is 11.0 Å². The number of cyclic esters (lactones) is 1. The van der Waals surface area contributed by atoms with Gasteiger partial charge < -0.3 is 18.9 Å². The van der Waals surface area contributed by atoms with E-state index < -0.39 is 22.3 Å². The van der Waals surface area contributed by atoms with Crippen LogP contribution in [0, 0.1) is 0 Å². The number of unbranched alkanes of at least 4 members (excludes halogenated alkanes) is 1. The smallest absolute Gasteiger partial charge is 0.417 e. The molecule has 40 heavy (non-hydrogen) atoms. The van der Waals surface area contributed by atoms with E-state index >= 15 is 0 Å². The lowest BCUT2D eigenvalue weighted by Gasteiger charge is -2.23. The number of allylic oxidation sites excluding steroid dienone is 4. The zero-order chi connectivity index (χ0) is 28.1.